The number of hydrogen-bond donors (Lipinski definition) is 3. The normalized spacial score (nSPS) is 9.81. The summed E-state index contributed by atoms with van der Waals surface area (Å²) in [4.78, 5) is 18.7. The van der Waals surface area contributed by atoms with Crippen molar-refractivity contribution >= 4 is 5.91 Å². The molecule has 108 valence electrons. The Hall–Kier alpha value is -2.65. The summed E-state index contributed by atoms with van der Waals surface area (Å²) in [6, 6.07) is 4.24. The van der Waals surface area contributed by atoms with Crippen LogP contribution in [0.5, 0.6) is 0 Å². The Labute approximate surface area is 121 Å². The van der Waals surface area contributed by atoms with Gasteiger partial charge in [0, 0.05) is 30.4 Å². The number of rotatable bonds is 4. The number of carbonyl (C=O) groups is 1. The van der Waals surface area contributed by atoms with Crippen LogP contribution in [0.2, 0.25) is 0 Å². The second kappa shape index (κ2) is 7.22. The number of nitrogens with one attached hydrogen (secondary N) is 2. The predicted octanol–water partition coefficient (Wildman–Crippen LogP) is 0.831. The number of carbonyl (C=O) groups excluding carboxylic acids is 1. The van der Waals surface area contributed by atoms with Gasteiger partial charge in [0.1, 0.15) is 5.82 Å². The van der Waals surface area contributed by atoms with Gasteiger partial charge >= 0.3 is 0 Å². The highest BCUT2D eigenvalue weighted by atomic mass is 19.1. The Morgan fingerprint density at radius 2 is 2.33 bits per heavy atom. The van der Waals surface area contributed by atoms with Crippen molar-refractivity contribution in [1.82, 2.24) is 15.3 Å². The fourth-order valence-corrected chi connectivity index (χ4v) is 1.76. The molecule has 6 heteroatoms. The van der Waals surface area contributed by atoms with Gasteiger partial charge in [-0.05, 0) is 18.2 Å². The van der Waals surface area contributed by atoms with Gasteiger partial charge in [-0.15, -0.1) is 0 Å². The number of nitrogens with zero attached hydrogens (tertiary/aromatic N) is 1. The maximum absolute atomic E-state index is 13.9. The van der Waals surface area contributed by atoms with Crippen LogP contribution in [0, 0.1) is 17.7 Å². The summed E-state index contributed by atoms with van der Waals surface area (Å²) in [6.07, 6.45) is 3.85. The molecular formula is C15H15FN4O. The molecule has 0 spiro atoms. The number of benzene rings is 1. The first-order valence-electron chi connectivity index (χ1n) is 6.44. The number of imidazole rings is 1. The van der Waals surface area contributed by atoms with E-state index in [4.69, 9.17) is 5.73 Å². The minimum absolute atomic E-state index is 0.00194. The molecule has 5 nitrogen and oxygen atoms in total. The highest BCUT2D eigenvalue weighted by molar-refractivity contribution is 5.94. The van der Waals surface area contributed by atoms with Gasteiger partial charge in [0.05, 0.1) is 18.4 Å². The van der Waals surface area contributed by atoms with E-state index < -0.39 is 11.7 Å². The van der Waals surface area contributed by atoms with Gasteiger partial charge in [0.25, 0.3) is 5.91 Å². The number of halogens is 1. The van der Waals surface area contributed by atoms with Crippen LogP contribution in [-0.4, -0.2) is 29.0 Å². The molecule has 0 unspecified atom stereocenters. The number of hydrogen-bond acceptors (Lipinski definition) is 3. The molecule has 21 heavy (non-hydrogen) atoms. The maximum Gasteiger partial charge on any atom is 0.254 e. The Bertz CT molecular complexity index is 671. The highest BCUT2D eigenvalue weighted by Gasteiger charge is 2.11. The van der Waals surface area contributed by atoms with E-state index in [1.54, 1.807) is 18.6 Å². The number of nitrogens with two attached hydrogens (primary N) is 1. The van der Waals surface area contributed by atoms with Gasteiger partial charge in [0.2, 0.25) is 0 Å². The third-order valence-corrected chi connectivity index (χ3v) is 2.78. The molecule has 2 rings (SSSR count). The third kappa shape index (κ3) is 4.16. The topological polar surface area (TPSA) is 83.8 Å². The van der Waals surface area contributed by atoms with Crippen molar-refractivity contribution in [2.45, 2.75) is 6.42 Å². The largest absolute Gasteiger partial charge is 0.352 e. The zero-order chi connectivity index (χ0) is 15.1. The maximum atomic E-state index is 13.9. The van der Waals surface area contributed by atoms with Crippen LogP contribution in [0.4, 0.5) is 4.39 Å². The Morgan fingerprint density at radius 3 is 3.00 bits per heavy atom. The quantitative estimate of drug-likeness (QED) is 0.728. The van der Waals surface area contributed by atoms with Crippen molar-refractivity contribution in [3.63, 3.8) is 0 Å². The fourth-order valence-electron chi connectivity index (χ4n) is 1.76. The molecular weight excluding hydrogens is 271 g/mol. The first-order chi connectivity index (χ1) is 10.2. The first kappa shape index (κ1) is 14.8. The van der Waals surface area contributed by atoms with Crippen LogP contribution < -0.4 is 11.1 Å². The van der Waals surface area contributed by atoms with Crippen LogP contribution in [0.3, 0.4) is 0 Å². The van der Waals surface area contributed by atoms with Crippen LogP contribution in [-0.2, 0) is 6.42 Å². The number of aromatic nitrogens is 2. The molecule has 0 aliphatic heterocycles. The highest BCUT2D eigenvalue weighted by Crippen LogP contribution is 2.10. The summed E-state index contributed by atoms with van der Waals surface area (Å²) in [7, 11) is 0. The van der Waals surface area contributed by atoms with E-state index in [9.17, 15) is 9.18 Å². The van der Waals surface area contributed by atoms with Crippen molar-refractivity contribution in [3.8, 4) is 11.8 Å². The molecule has 0 atom stereocenters. The molecule has 4 N–H and O–H groups in total. The molecule has 1 amide bonds. The van der Waals surface area contributed by atoms with Gasteiger partial charge in [-0.25, -0.2) is 9.37 Å². The molecule has 1 aromatic carbocycles. The van der Waals surface area contributed by atoms with Crippen molar-refractivity contribution in [2.75, 3.05) is 13.1 Å². The average Bonchev–Trinajstić information content (AvgIpc) is 2.98. The van der Waals surface area contributed by atoms with Crippen LogP contribution in [0.1, 0.15) is 21.6 Å². The second-order valence-electron chi connectivity index (χ2n) is 4.28. The minimum atomic E-state index is -0.599. The van der Waals surface area contributed by atoms with E-state index in [0.717, 1.165) is 5.69 Å². The van der Waals surface area contributed by atoms with Crippen molar-refractivity contribution in [1.29, 1.82) is 0 Å². The van der Waals surface area contributed by atoms with E-state index in [2.05, 4.69) is 27.1 Å². The molecule has 0 fully saturated rings. The smallest absolute Gasteiger partial charge is 0.254 e. The van der Waals surface area contributed by atoms with Crippen LogP contribution in [0.15, 0.2) is 30.7 Å². The van der Waals surface area contributed by atoms with Gasteiger partial charge in [-0.3, -0.25) is 4.79 Å². The summed E-state index contributed by atoms with van der Waals surface area (Å²) in [6.45, 7) is 0.604. The molecule has 2 aromatic rings. The molecule has 0 aliphatic carbocycles. The van der Waals surface area contributed by atoms with Gasteiger partial charge in [0.15, 0.2) is 0 Å². The molecule has 0 radical (unpaired) electrons. The molecule has 1 aromatic heterocycles. The molecule has 0 saturated heterocycles. The monoisotopic (exact) mass is 286 g/mol. The Kier molecular flexibility index (Phi) is 5.07. The van der Waals surface area contributed by atoms with Gasteiger partial charge in [-0.2, -0.15) is 0 Å². The average molecular weight is 286 g/mol. The van der Waals surface area contributed by atoms with Crippen molar-refractivity contribution in [3.05, 3.63) is 53.4 Å². The minimum Gasteiger partial charge on any atom is -0.352 e. The first-order valence-corrected chi connectivity index (χ1v) is 6.44. The van der Waals surface area contributed by atoms with Crippen molar-refractivity contribution in [2.24, 2.45) is 5.73 Å². The number of aromatic amines is 1. The molecule has 1 heterocycles. The van der Waals surface area contributed by atoms with E-state index in [-0.39, 0.29) is 12.1 Å². The van der Waals surface area contributed by atoms with E-state index in [1.807, 2.05) is 0 Å². The summed E-state index contributed by atoms with van der Waals surface area (Å²) < 4.78 is 13.9. The van der Waals surface area contributed by atoms with E-state index in [0.29, 0.717) is 18.5 Å². The molecule has 0 bridgehead atoms. The fraction of sp³-hybridized carbons (Fsp3) is 0.200. The Balaban J connectivity index is 1.95. The SMILES string of the molecule is NCC#Cc1ccc(C(=O)NCCc2cnc[nH]2)c(F)c1. The number of amides is 1. The summed E-state index contributed by atoms with van der Waals surface area (Å²) in [5, 5.41) is 2.66. The van der Waals surface area contributed by atoms with Crippen molar-refractivity contribution < 1.29 is 9.18 Å². The summed E-state index contributed by atoms with van der Waals surface area (Å²) in [5.74, 6) is 4.29. The zero-order valence-corrected chi connectivity index (χ0v) is 11.3. The lowest BCUT2D eigenvalue weighted by molar-refractivity contribution is 0.0950. The van der Waals surface area contributed by atoms with E-state index in [1.165, 1.54) is 12.1 Å². The molecule has 0 aliphatic rings. The van der Waals surface area contributed by atoms with Gasteiger partial charge < -0.3 is 16.0 Å². The summed E-state index contributed by atoms with van der Waals surface area (Å²) >= 11 is 0. The van der Waals surface area contributed by atoms with Crippen LogP contribution in [0.25, 0.3) is 0 Å². The Morgan fingerprint density at radius 1 is 1.48 bits per heavy atom. The lowest BCUT2D eigenvalue weighted by atomic mass is 10.1. The lowest BCUT2D eigenvalue weighted by Crippen LogP contribution is -2.26. The van der Waals surface area contributed by atoms with E-state index >= 15 is 0 Å². The van der Waals surface area contributed by atoms with Crippen LogP contribution >= 0.6 is 0 Å². The third-order valence-electron chi connectivity index (χ3n) is 2.78. The summed E-state index contributed by atoms with van der Waals surface area (Å²) in [5.41, 5.74) is 6.65. The van der Waals surface area contributed by atoms with Gasteiger partial charge in [-0.1, -0.05) is 11.8 Å². The zero-order valence-electron chi connectivity index (χ0n) is 11.3. The standard InChI is InChI=1S/C15H15FN4O/c16-14-8-11(2-1-6-17)3-4-13(14)15(21)19-7-5-12-9-18-10-20-12/h3-4,8-10H,5-7,17H2,(H,18,20)(H,19,21). The second-order valence-corrected chi connectivity index (χ2v) is 4.28. The number of H-pyrrole nitrogens is 1. The molecule has 0 saturated carbocycles. The lowest BCUT2D eigenvalue weighted by Gasteiger charge is -2.05. The predicted molar refractivity (Wildman–Crippen MR) is 77.0 cm³/mol.